The highest BCUT2D eigenvalue weighted by atomic mass is 16.6. The maximum absolute atomic E-state index is 12.2. The number of carbonyl (C=O) groups excluding carboxylic acids is 1. The molecule has 0 unspecified atom stereocenters. The number of carboxylic acids is 1. The predicted octanol–water partition coefficient (Wildman–Crippen LogP) is 4.96. The van der Waals surface area contributed by atoms with E-state index in [-0.39, 0.29) is 5.69 Å². The van der Waals surface area contributed by atoms with E-state index in [1.165, 1.54) is 6.07 Å². The first-order valence-electron chi connectivity index (χ1n) is 13.9. The molecule has 0 aliphatic heterocycles. The number of nitrogens with one attached hydrogen (secondary N) is 1. The van der Waals surface area contributed by atoms with Crippen LogP contribution in [0.15, 0.2) is 55.1 Å². The van der Waals surface area contributed by atoms with Gasteiger partial charge in [-0.3, -0.25) is 14.7 Å². The van der Waals surface area contributed by atoms with Crippen LogP contribution >= 0.6 is 0 Å². The summed E-state index contributed by atoms with van der Waals surface area (Å²) in [6, 6.07) is 11.4. The fraction of sp³-hybridized carbons (Fsp3) is 0.323. The van der Waals surface area contributed by atoms with Gasteiger partial charge in [-0.25, -0.2) is 24.5 Å². The summed E-state index contributed by atoms with van der Waals surface area (Å²) in [5.74, 6) is -0.584. The molecule has 0 saturated carbocycles. The van der Waals surface area contributed by atoms with Crippen molar-refractivity contribution in [1.29, 1.82) is 0 Å². The first-order valence-corrected chi connectivity index (χ1v) is 13.9. The molecule has 1 aromatic carbocycles. The third-order valence-corrected chi connectivity index (χ3v) is 6.81. The van der Waals surface area contributed by atoms with Crippen molar-refractivity contribution in [1.82, 2.24) is 34.5 Å². The van der Waals surface area contributed by atoms with Crippen LogP contribution in [0.4, 0.5) is 10.6 Å². The lowest BCUT2D eigenvalue weighted by atomic mass is 10.0. The van der Waals surface area contributed by atoms with Gasteiger partial charge in [0.2, 0.25) is 0 Å². The number of aromatic nitrogens is 7. The average Bonchev–Trinajstić information content (AvgIpc) is 3.55. The maximum Gasteiger partial charge on any atom is 0.413 e. The first kappa shape index (κ1) is 29.4. The molecule has 12 nitrogen and oxygen atoms in total. The van der Waals surface area contributed by atoms with Crippen molar-refractivity contribution in [3.63, 3.8) is 0 Å². The smallest absolute Gasteiger partial charge is 0.413 e. The Morgan fingerprint density at radius 2 is 1.65 bits per heavy atom. The molecule has 0 bridgehead atoms. The van der Waals surface area contributed by atoms with Crippen LogP contribution in [0.1, 0.15) is 64.9 Å². The van der Waals surface area contributed by atoms with Crippen LogP contribution in [0.3, 0.4) is 0 Å². The second kappa shape index (κ2) is 12.0. The SMILES string of the molecule is Cc1cc(NC(=O)OC(C)(C)C)nc(C)c1CCc1ncnc2nn(Cc3ccc(Cn4ccc(C(=O)O)n4)cc3)cc12. The standard InChI is InChI=1S/C31H34N8O4/c1-19-14-27(35-30(42)43-31(3,4)5)34-20(2)23(19)10-11-25-24-17-39(37-28(24)33-18-32-25)16-22-8-6-21(7-9-22)15-38-13-12-26(36-38)29(40)41/h6-9,12-14,17-18H,10-11,15-16H2,1-5H3,(H,40,41)(H,34,35,42). The Balaban J connectivity index is 1.24. The third kappa shape index (κ3) is 7.39. The van der Waals surface area contributed by atoms with E-state index in [1.807, 2.05) is 75.8 Å². The van der Waals surface area contributed by atoms with Gasteiger partial charge in [-0.2, -0.15) is 10.2 Å². The summed E-state index contributed by atoms with van der Waals surface area (Å²) in [5, 5.41) is 21.4. The topological polar surface area (TPSA) is 150 Å². The van der Waals surface area contributed by atoms with Crippen molar-refractivity contribution >= 4 is 28.9 Å². The number of aromatic carboxylic acids is 1. The number of nitrogens with zero attached hydrogens (tertiary/aromatic N) is 7. The normalized spacial score (nSPS) is 11.6. The minimum Gasteiger partial charge on any atom is -0.476 e. The van der Waals surface area contributed by atoms with E-state index in [0.717, 1.165) is 45.4 Å². The minimum absolute atomic E-state index is 0.0253. The molecule has 0 aliphatic carbocycles. The van der Waals surface area contributed by atoms with Gasteiger partial charge in [0.25, 0.3) is 0 Å². The van der Waals surface area contributed by atoms with Crippen molar-refractivity contribution in [3.8, 4) is 0 Å². The average molecular weight is 583 g/mol. The number of ether oxygens (including phenoxy) is 1. The number of benzene rings is 1. The predicted molar refractivity (Wildman–Crippen MR) is 160 cm³/mol. The van der Waals surface area contributed by atoms with Gasteiger partial charge in [-0.05, 0) is 81.8 Å². The summed E-state index contributed by atoms with van der Waals surface area (Å²) in [7, 11) is 0. The van der Waals surface area contributed by atoms with Gasteiger partial charge in [0, 0.05) is 18.1 Å². The van der Waals surface area contributed by atoms with Crippen LogP contribution in [0, 0.1) is 13.8 Å². The number of anilines is 1. The molecule has 2 N–H and O–H groups in total. The minimum atomic E-state index is -1.04. The van der Waals surface area contributed by atoms with Gasteiger partial charge >= 0.3 is 12.1 Å². The van der Waals surface area contributed by atoms with E-state index >= 15 is 0 Å². The van der Waals surface area contributed by atoms with E-state index in [1.54, 1.807) is 17.2 Å². The number of fused-ring (bicyclic) bond motifs is 1. The summed E-state index contributed by atoms with van der Waals surface area (Å²) in [5.41, 5.74) is 6.02. The Labute approximate surface area is 248 Å². The van der Waals surface area contributed by atoms with Crippen LogP contribution in [-0.4, -0.2) is 57.3 Å². The summed E-state index contributed by atoms with van der Waals surface area (Å²) in [4.78, 5) is 36.7. The Kier molecular flexibility index (Phi) is 8.20. The van der Waals surface area contributed by atoms with Gasteiger partial charge < -0.3 is 9.84 Å². The van der Waals surface area contributed by atoms with E-state index in [9.17, 15) is 9.59 Å². The molecule has 4 heterocycles. The van der Waals surface area contributed by atoms with Crippen LogP contribution in [0.5, 0.6) is 0 Å². The molecule has 0 fully saturated rings. The lowest BCUT2D eigenvalue weighted by Gasteiger charge is -2.20. The number of amides is 1. The summed E-state index contributed by atoms with van der Waals surface area (Å²) >= 11 is 0. The Bertz CT molecular complexity index is 1760. The zero-order chi connectivity index (χ0) is 30.7. The lowest BCUT2D eigenvalue weighted by molar-refractivity contribution is 0.0633. The summed E-state index contributed by atoms with van der Waals surface area (Å²) in [6.45, 7) is 10.4. The largest absolute Gasteiger partial charge is 0.476 e. The van der Waals surface area contributed by atoms with Crippen LogP contribution < -0.4 is 5.32 Å². The van der Waals surface area contributed by atoms with E-state index in [0.29, 0.717) is 31.0 Å². The van der Waals surface area contributed by atoms with Gasteiger partial charge in [-0.1, -0.05) is 24.3 Å². The molecule has 0 atom stereocenters. The number of pyridine rings is 1. The van der Waals surface area contributed by atoms with Gasteiger partial charge in [0.1, 0.15) is 17.7 Å². The highest BCUT2D eigenvalue weighted by Crippen LogP contribution is 2.22. The summed E-state index contributed by atoms with van der Waals surface area (Å²) < 4.78 is 8.81. The highest BCUT2D eigenvalue weighted by molar-refractivity contribution is 5.85. The molecule has 0 radical (unpaired) electrons. The molecule has 222 valence electrons. The number of hydrogen-bond acceptors (Lipinski definition) is 8. The van der Waals surface area contributed by atoms with Crippen molar-refractivity contribution in [2.24, 2.45) is 0 Å². The molecular formula is C31H34N8O4. The van der Waals surface area contributed by atoms with Crippen LogP contribution in [0.25, 0.3) is 11.0 Å². The molecule has 4 aromatic heterocycles. The monoisotopic (exact) mass is 582 g/mol. The Morgan fingerprint density at radius 1 is 0.953 bits per heavy atom. The summed E-state index contributed by atoms with van der Waals surface area (Å²) in [6.07, 6.45) is 6.04. The molecule has 5 rings (SSSR count). The third-order valence-electron chi connectivity index (χ3n) is 6.81. The highest BCUT2D eigenvalue weighted by Gasteiger charge is 2.18. The molecular weight excluding hydrogens is 548 g/mol. The second-order valence-corrected chi connectivity index (χ2v) is 11.4. The van der Waals surface area contributed by atoms with Gasteiger partial charge in [0.05, 0.1) is 24.2 Å². The van der Waals surface area contributed by atoms with Crippen LogP contribution in [0.2, 0.25) is 0 Å². The van der Waals surface area contributed by atoms with Gasteiger partial charge in [0.15, 0.2) is 11.3 Å². The van der Waals surface area contributed by atoms with Crippen LogP contribution in [-0.2, 0) is 30.7 Å². The quantitative estimate of drug-likeness (QED) is 0.246. The maximum atomic E-state index is 12.2. The first-order chi connectivity index (χ1) is 20.4. The fourth-order valence-electron chi connectivity index (χ4n) is 4.85. The number of carbonyl (C=O) groups is 2. The molecule has 12 heteroatoms. The number of aryl methyl sites for hydroxylation is 3. The molecule has 5 aromatic rings. The molecule has 0 saturated heterocycles. The zero-order valence-corrected chi connectivity index (χ0v) is 24.8. The molecule has 43 heavy (non-hydrogen) atoms. The molecule has 0 spiro atoms. The van der Waals surface area contributed by atoms with Crippen molar-refractivity contribution in [3.05, 3.63) is 94.5 Å². The van der Waals surface area contributed by atoms with Crippen molar-refractivity contribution in [2.45, 2.75) is 66.2 Å². The Morgan fingerprint density at radius 3 is 2.28 bits per heavy atom. The van der Waals surface area contributed by atoms with Crippen molar-refractivity contribution < 1.29 is 19.4 Å². The number of rotatable bonds is 9. The zero-order valence-electron chi connectivity index (χ0n) is 24.8. The number of carboxylic acid groups (broad SMARTS) is 1. The second-order valence-electron chi connectivity index (χ2n) is 11.4. The van der Waals surface area contributed by atoms with Gasteiger partial charge in [-0.15, -0.1) is 0 Å². The fourth-order valence-corrected chi connectivity index (χ4v) is 4.85. The molecule has 1 amide bonds. The van der Waals surface area contributed by atoms with E-state index in [4.69, 9.17) is 9.84 Å². The van der Waals surface area contributed by atoms with Crippen molar-refractivity contribution in [2.75, 3.05) is 5.32 Å². The lowest BCUT2D eigenvalue weighted by Crippen LogP contribution is -2.27. The number of hydrogen-bond donors (Lipinski definition) is 2. The van der Waals surface area contributed by atoms with E-state index in [2.05, 4.69) is 30.5 Å². The molecule has 0 aliphatic rings. The Hall–Kier alpha value is -5.13. The van der Waals surface area contributed by atoms with E-state index < -0.39 is 17.7 Å².